The maximum absolute atomic E-state index is 11.2. The Hall–Kier alpha value is -1.55. The van der Waals surface area contributed by atoms with Crippen LogP contribution in [-0.4, -0.2) is 30.4 Å². The van der Waals surface area contributed by atoms with Crippen LogP contribution in [0.25, 0.3) is 0 Å². The molecule has 0 saturated heterocycles. The summed E-state index contributed by atoms with van der Waals surface area (Å²) in [5.74, 6) is -0.483. The van der Waals surface area contributed by atoms with Crippen LogP contribution < -0.4 is 4.74 Å². The molecule has 1 aliphatic carbocycles. The highest BCUT2D eigenvalue weighted by Crippen LogP contribution is 2.28. The predicted octanol–water partition coefficient (Wildman–Crippen LogP) is 3.03. The van der Waals surface area contributed by atoms with Gasteiger partial charge in [0.25, 0.3) is 0 Å². The molecule has 4 heteroatoms. The average molecular weight is 264 g/mol. The number of carbonyl (C=O) groups is 1. The maximum Gasteiger partial charge on any atom is 0.339 e. The molecule has 0 radical (unpaired) electrons. The van der Waals surface area contributed by atoms with Gasteiger partial charge < -0.3 is 14.6 Å². The molecule has 4 nitrogen and oxygen atoms in total. The number of rotatable bonds is 4. The summed E-state index contributed by atoms with van der Waals surface area (Å²) in [4.78, 5) is 11.2. The molecule has 2 atom stereocenters. The molecule has 1 aromatic rings. The van der Waals surface area contributed by atoms with Crippen molar-refractivity contribution in [1.82, 2.24) is 0 Å². The van der Waals surface area contributed by atoms with Gasteiger partial charge in [-0.15, -0.1) is 0 Å². The summed E-state index contributed by atoms with van der Waals surface area (Å²) >= 11 is 0. The number of methoxy groups -OCH3 is 1. The Bertz CT molecular complexity index is 455. The van der Waals surface area contributed by atoms with E-state index in [0.717, 1.165) is 31.2 Å². The second-order valence-electron chi connectivity index (χ2n) is 5.07. The van der Waals surface area contributed by atoms with Crippen molar-refractivity contribution in [3.63, 3.8) is 0 Å². The molecule has 0 heterocycles. The van der Waals surface area contributed by atoms with Crippen LogP contribution in [0.1, 0.15) is 41.6 Å². The van der Waals surface area contributed by atoms with Crippen LogP contribution in [0.3, 0.4) is 0 Å². The van der Waals surface area contributed by atoms with Crippen molar-refractivity contribution >= 4 is 5.97 Å². The molecular weight excluding hydrogens is 244 g/mol. The van der Waals surface area contributed by atoms with E-state index in [1.807, 2.05) is 6.92 Å². The van der Waals surface area contributed by atoms with Gasteiger partial charge >= 0.3 is 5.97 Å². The second kappa shape index (κ2) is 6.06. The monoisotopic (exact) mass is 264 g/mol. The Morgan fingerprint density at radius 2 is 2.05 bits per heavy atom. The Morgan fingerprint density at radius 3 is 2.74 bits per heavy atom. The Morgan fingerprint density at radius 1 is 1.32 bits per heavy atom. The molecule has 1 aliphatic rings. The number of aryl methyl sites for hydroxylation is 1. The topological polar surface area (TPSA) is 55.8 Å². The van der Waals surface area contributed by atoms with Crippen LogP contribution in [0.2, 0.25) is 0 Å². The minimum atomic E-state index is -0.950. The van der Waals surface area contributed by atoms with Crippen molar-refractivity contribution in [2.24, 2.45) is 0 Å². The van der Waals surface area contributed by atoms with Gasteiger partial charge in [-0.2, -0.15) is 0 Å². The first-order chi connectivity index (χ1) is 9.10. The number of carboxylic acid groups (broad SMARTS) is 1. The van der Waals surface area contributed by atoms with Crippen LogP contribution in [0.15, 0.2) is 18.2 Å². The van der Waals surface area contributed by atoms with Gasteiger partial charge in [-0.25, -0.2) is 4.79 Å². The SMILES string of the molecule is COC1CCCC(Oc2cc(C)ccc2C(=O)O)C1. The van der Waals surface area contributed by atoms with E-state index in [2.05, 4.69) is 0 Å². The molecule has 1 fully saturated rings. The number of hydrogen-bond donors (Lipinski definition) is 1. The smallest absolute Gasteiger partial charge is 0.339 e. The zero-order valence-electron chi connectivity index (χ0n) is 11.4. The van der Waals surface area contributed by atoms with Gasteiger partial charge in [0, 0.05) is 13.5 Å². The molecule has 1 aromatic carbocycles. The van der Waals surface area contributed by atoms with Gasteiger partial charge in [0.15, 0.2) is 0 Å². The number of carboxylic acids is 1. The van der Waals surface area contributed by atoms with Crippen LogP contribution in [0.4, 0.5) is 0 Å². The van der Waals surface area contributed by atoms with Gasteiger partial charge in [0.05, 0.1) is 6.10 Å². The van der Waals surface area contributed by atoms with Gasteiger partial charge in [-0.05, 0) is 43.9 Å². The van der Waals surface area contributed by atoms with Gasteiger partial charge in [-0.1, -0.05) is 6.07 Å². The van der Waals surface area contributed by atoms with E-state index in [4.69, 9.17) is 9.47 Å². The van der Waals surface area contributed by atoms with E-state index in [9.17, 15) is 9.90 Å². The summed E-state index contributed by atoms with van der Waals surface area (Å²) < 4.78 is 11.3. The van der Waals surface area contributed by atoms with Gasteiger partial charge in [0.1, 0.15) is 17.4 Å². The standard InChI is InChI=1S/C15H20O4/c1-10-6-7-13(15(16)17)14(8-10)19-12-5-3-4-11(9-12)18-2/h6-8,11-12H,3-5,9H2,1-2H3,(H,16,17). The molecule has 2 unspecified atom stereocenters. The lowest BCUT2D eigenvalue weighted by Crippen LogP contribution is -2.29. The first kappa shape index (κ1) is 13.9. The molecule has 0 aliphatic heterocycles. The third-order valence-corrected chi connectivity index (χ3v) is 3.57. The molecule has 104 valence electrons. The fourth-order valence-corrected chi connectivity index (χ4v) is 2.51. The summed E-state index contributed by atoms with van der Waals surface area (Å²) in [5.41, 5.74) is 1.23. The third kappa shape index (κ3) is 3.47. The number of aromatic carboxylic acids is 1. The zero-order chi connectivity index (χ0) is 13.8. The van der Waals surface area contributed by atoms with Gasteiger partial charge in [0.2, 0.25) is 0 Å². The molecule has 2 rings (SSSR count). The van der Waals surface area contributed by atoms with Crippen molar-refractivity contribution in [2.75, 3.05) is 7.11 Å². The third-order valence-electron chi connectivity index (χ3n) is 3.57. The molecule has 0 amide bonds. The fourth-order valence-electron chi connectivity index (χ4n) is 2.51. The van der Waals surface area contributed by atoms with Crippen LogP contribution >= 0.6 is 0 Å². The summed E-state index contributed by atoms with van der Waals surface area (Å²) in [5, 5.41) is 9.18. The zero-order valence-corrected chi connectivity index (χ0v) is 11.4. The van der Waals surface area contributed by atoms with E-state index in [-0.39, 0.29) is 17.8 Å². The van der Waals surface area contributed by atoms with Crippen LogP contribution in [0, 0.1) is 6.92 Å². The average Bonchev–Trinajstić information content (AvgIpc) is 2.38. The minimum absolute atomic E-state index is 0.0404. The van der Waals surface area contributed by atoms with E-state index < -0.39 is 5.97 Å². The predicted molar refractivity (Wildman–Crippen MR) is 71.8 cm³/mol. The quantitative estimate of drug-likeness (QED) is 0.908. The van der Waals surface area contributed by atoms with Gasteiger partial charge in [-0.3, -0.25) is 0 Å². The maximum atomic E-state index is 11.2. The van der Waals surface area contributed by atoms with E-state index in [0.29, 0.717) is 5.75 Å². The molecule has 0 spiro atoms. The Kier molecular flexibility index (Phi) is 4.43. The lowest BCUT2D eigenvalue weighted by Gasteiger charge is -2.29. The highest BCUT2D eigenvalue weighted by atomic mass is 16.5. The van der Waals surface area contributed by atoms with Crippen molar-refractivity contribution in [3.05, 3.63) is 29.3 Å². The first-order valence-corrected chi connectivity index (χ1v) is 6.63. The molecule has 19 heavy (non-hydrogen) atoms. The normalized spacial score (nSPS) is 23.1. The van der Waals surface area contributed by atoms with Crippen molar-refractivity contribution in [3.8, 4) is 5.75 Å². The summed E-state index contributed by atoms with van der Waals surface area (Å²) in [7, 11) is 1.71. The first-order valence-electron chi connectivity index (χ1n) is 6.63. The van der Waals surface area contributed by atoms with E-state index in [1.54, 1.807) is 25.3 Å². The molecule has 0 aromatic heterocycles. The largest absolute Gasteiger partial charge is 0.489 e. The molecular formula is C15H20O4. The lowest BCUT2D eigenvalue weighted by molar-refractivity contribution is 0.0204. The number of hydrogen-bond acceptors (Lipinski definition) is 3. The Labute approximate surface area is 113 Å². The van der Waals surface area contributed by atoms with Crippen LogP contribution in [-0.2, 0) is 4.74 Å². The van der Waals surface area contributed by atoms with Crippen molar-refractivity contribution in [2.45, 2.75) is 44.8 Å². The highest BCUT2D eigenvalue weighted by molar-refractivity contribution is 5.90. The number of benzene rings is 1. The minimum Gasteiger partial charge on any atom is -0.489 e. The molecule has 1 N–H and O–H groups in total. The molecule has 1 saturated carbocycles. The van der Waals surface area contributed by atoms with Crippen molar-refractivity contribution in [1.29, 1.82) is 0 Å². The summed E-state index contributed by atoms with van der Waals surface area (Å²) in [6, 6.07) is 5.18. The molecule has 0 bridgehead atoms. The summed E-state index contributed by atoms with van der Waals surface area (Å²) in [6.07, 6.45) is 4.14. The van der Waals surface area contributed by atoms with Crippen molar-refractivity contribution < 1.29 is 19.4 Å². The Balaban J connectivity index is 2.13. The van der Waals surface area contributed by atoms with Crippen LogP contribution in [0.5, 0.6) is 5.75 Å². The van der Waals surface area contributed by atoms with E-state index >= 15 is 0 Å². The second-order valence-corrected chi connectivity index (χ2v) is 5.07. The number of ether oxygens (including phenoxy) is 2. The lowest BCUT2D eigenvalue weighted by atomic mass is 9.95. The fraction of sp³-hybridized carbons (Fsp3) is 0.533. The van der Waals surface area contributed by atoms with E-state index in [1.165, 1.54) is 0 Å². The highest BCUT2D eigenvalue weighted by Gasteiger charge is 2.24. The summed E-state index contributed by atoms with van der Waals surface area (Å²) in [6.45, 7) is 1.93.